The van der Waals surface area contributed by atoms with Crippen molar-refractivity contribution in [1.82, 2.24) is 0 Å². The lowest BCUT2D eigenvalue weighted by molar-refractivity contribution is -0.138. The number of fused-ring (bicyclic) bond motifs is 1. The third-order valence-corrected chi connectivity index (χ3v) is 3.85. The van der Waals surface area contributed by atoms with Crippen molar-refractivity contribution in [3.05, 3.63) is 71.0 Å². The topological polar surface area (TPSA) is 48.7 Å². The van der Waals surface area contributed by atoms with Crippen LogP contribution in [0.25, 0.3) is 11.0 Å². The molecule has 0 aliphatic rings. The first-order valence-electron chi connectivity index (χ1n) is 7.73. The van der Waals surface area contributed by atoms with Crippen molar-refractivity contribution >= 4 is 16.9 Å². The number of para-hydroxylation sites is 1. The van der Waals surface area contributed by atoms with Gasteiger partial charge in [-0.25, -0.2) is 4.79 Å². The molecule has 1 heterocycles. The third-order valence-electron chi connectivity index (χ3n) is 3.85. The summed E-state index contributed by atoms with van der Waals surface area (Å²) in [5, 5.41) is 0.692. The minimum atomic E-state index is -4.52. The maximum atomic E-state index is 13.0. The highest BCUT2D eigenvalue weighted by Crippen LogP contribution is 2.32. The van der Waals surface area contributed by atoms with E-state index in [2.05, 4.69) is 0 Å². The number of alkyl halides is 3. The van der Waals surface area contributed by atoms with Gasteiger partial charge in [-0.2, -0.15) is 13.2 Å². The second-order valence-electron chi connectivity index (χ2n) is 5.57. The van der Waals surface area contributed by atoms with Gasteiger partial charge in [-0.15, -0.1) is 0 Å². The molecule has 0 aliphatic carbocycles. The first kappa shape index (κ1) is 18.0. The van der Waals surface area contributed by atoms with Crippen molar-refractivity contribution in [1.29, 1.82) is 0 Å². The highest BCUT2D eigenvalue weighted by atomic mass is 19.4. The molecule has 0 unspecified atom stereocenters. The van der Waals surface area contributed by atoms with Crippen LogP contribution >= 0.6 is 0 Å². The molecule has 0 saturated carbocycles. The van der Waals surface area contributed by atoms with Crippen LogP contribution in [0.4, 0.5) is 13.2 Å². The van der Waals surface area contributed by atoms with Crippen molar-refractivity contribution in [2.24, 2.45) is 0 Å². The molecule has 2 aromatic carbocycles. The van der Waals surface area contributed by atoms with Gasteiger partial charge in [-0.05, 0) is 12.1 Å². The third kappa shape index (κ3) is 3.57. The predicted molar refractivity (Wildman–Crippen MR) is 87.5 cm³/mol. The molecule has 7 heteroatoms. The van der Waals surface area contributed by atoms with Gasteiger partial charge in [0.2, 0.25) is 5.76 Å². The first-order valence-corrected chi connectivity index (χ1v) is 7.73. The Bertz CT molecular complexity index is 928. The molecule has 0 bridgehead atoms. The lowest BCUT2D eigenvalue weighted by atomic mass is 10.1. The molecule has 0 spiro atoms. The number of rotatable bonds is 5. The molecule has 0 aliphatic heterocycles. The molecule has 0 atom stereocenters. The van der Waals surface area contributed by atoms with Crippen molar-refractivity contribution < 1.29 is 31.9 Å². The fourth-order valence-electron chi connectivity index (χ4n) is 2.68. The fraction of sp³-hybridized carbons (Fsp3) is 0.211. The standard InChI is InChI=1S/C19H15F3O4/c1-24-11-14-13-7-3-5-9-16(13)26-17(14)18(23)25-10-12-6-2-4-8-15(12)19(20,21)22/h2-9H,10-11H2,1H3. The van der Waals surface area contributed by atoms with Gasteiger partial charge in [-0.3, -0.25) is 0 Å². The lowest BCUT2D eigenvalue weighted by Crippen LogP contribution is -2.12. The molecular weight excluding hydrogens is 349 g/mol. The van der Waals surface area contributed by atoms with Crippen LogP contribution in [0.3, 0.4) is 0 Å². The van der Waals surface area contributed by atoms with Gasteiger partial charge in [0.1, 0.15) is 12.2 Å². The Morgan fingerprint density at radius 2 is 1.73 bits per heavy atom. The van der Waals surface area contributed by atoms with Crippen LogP contribution in [0, 0.1) is 0 Å². The van der Waals surface area contributed by atoms with Crippen LogP contribution in [0.2, 0.25) is 0 Å². The van der Waals surface area contributed by atoms with Crippen molar-refractivity contribution in [2.75, 3.05) is 7.11 Å². The van der Waals surface area contributed by atoms with E-state index in [1.165, 1.54) is 25.3 Å². The molecule has 0 amide bonds. The summed E-state index contributed by atoms with van der Waals surface area (Å²) in [6.07, 6.45) is -4.52. The van der Waals surface area contributed by atoms with E-state index < -0.39 is 24.3 Å². The zero-order valence-electron chi connectivity index (χ0n) is 13.8. The number of furan rings is 1. The summed E-state index contributed by atoms with van der Waals surface area (Å²) >= 11 is 0. The maximum Gasteiger partial charge on any atom is 0.416 e. The van der Waals surface area contributed by atoms with Crippen LogP contribution in [0.5, 0.6) is 0 Å². The van der Waals surface area contributed by atoms with Gasteiger partial charge >= 0.3 is 12.1 Å². The first-order chi connectivity index (χ1) is 12.4. The number of methoxy groups -OCH3 is 1. The zero-order valence-corrected chi connectivity index (χ0v) is 13.8. The molecule has 26 heavy (non-hydrogen) atoms. The molecule has 3 rings (SSSR count). The summed E-state index contributed by atoms with van der Waals surface area (Å²) in [6.45, 7) is -0.404. The highest BCUT2D eigenvalue weighted by molar-refractivity contribution is 5.96. The molecule has 4 nitrogen and oxygen atoms in total. The quantitative estimate of drug-likeness (QED) is 0.601. The molecule has 3 aromatic rings. The fourth-order valence-corrected chi connectivity index (χ4v) is 2.68. The van der Waals surface area contributed by atoms with Gasteiger partial charge < -0.3 is 13.9 Å². The smallest absolute Gasteiger partial charge is 0.416 e. The van der Waals surface area contributed by atoms with Crippen molar-refractivity contribution in [2.45, 2.75) is 19.4 Å². The van der Waals surface area contributed by atoms with E-state index in [1.807, 2.05) is 0 Å². The van der Waals surface area contributed by atoms with Crippen molar-refractivity contribution in [3.8, 4) is 0 Å². The molecular formula is C19H15F3O4. The Balaban J connectivity index is 1.86. The molecule has 0 N–H and O–H groups in total. The molecule has 1 aromatic heterocycles. The Kier molecular flexibility index (Phi) is 4.99. The Labute approximate surface area is 147 Å². The van der Waals surface area contributed by atoms with Gasteiger partial charge in [0.05, 0.1) is 12.2 Å². The Hall–Kier alpha value is -2.80. The van der Waals surface area contributed by atoms with E-state index >= 15 is 0 Å². The summed E-state index contributed by atoms with van der Waals surface area (Å²) in [7, 11) is 1.47. The summed E-state index contributed by atoms with van der Waals surface area (Å²) in [6, 6.07) is 11.9. The SMILES string of the molecule is COCc1c(C(=O)OCc2ccccc2C(F)(F)F)oc2ccccc12. The number of benzene rings is 2. The number of carbonyl (C=O) groups excluding carboxylic acids is 1. The molecule has 0 fully saturated rings. The second kappa shape index (κ2) is 7.21. The minimum Gasteiger partial charge on any atom is -0.455 e. The van der Waals surface area contributed by atoms with Gasteiger partial charge in [0.25, 0.3) is 0 Å². The summed E-state index contributed by atoms with van der Waals surface area (Å²) in [5.41, 5.74) is 0.00618. The van der Waals surface area contributed by atoms with Gasteiger partial charge in [0.15, 0.2) is 0 Å². The average molecular weight is 364 g/mol. The van der Waals surface area contributed by atoms with E-state index in [0.717, 1.165) is 6.07 Å². The van der Waals surface area contributed by atoms with Gasteiger partial charge in [0, 0.05) is 23.6 Å². The maximum absolute atomic E-state index is 13.0. The molecule has 0 radical (unpaired) electrons. The lowest BCUT2D eigenvalue weighted by Gasteiger charge is -2.12. The van der Waals surface area contributed by atoms with E-state index in [-0.39, 0.29) is 17.9 Å². The number of esters is 1. The number of carbonyl (C=O) groups is 1. The summed E-state index contributed by atoms with van der Waals surface area (Å²) < 4.78 is 54.8. The number of hydrogen-bond acceptors (Lipinski definition) is 4. The second-order valence-corrected chi connectivity index (χ2v) is 5.57. The predicted octanol–water partition coefficient (Wildman–Crippen LogP) is 4.96. The van der Waals surface area contributed by atoms with Crippen LogP contribution < -0.4 is 0 Å². The van der Waals surface area contributed by atoms with Gasteiger partial charge in [-0.1, -0.05) is 36.4 Å². The minimum absolute atomic E-state index is 0.0717. The van der Waals surface area contributed by atoms with Crippen molar-refractivity contribution in [3.63, 3.8) is 0 Å². The van der Waals surface area contributed by atoms with E-state index in [4.69, 9.17) is 13.9 Å². The van der Waals surface area contributed by atoms with E-state index in [1.54, 1.807) is 24.3 Å². The number of halogens is 3. The summed E-state index contributed by atoms with van der Waals surface area (Å²) in [4.78, 5) is 12.4. The monoisotopic (exact) mass is 364 g/mol. The average Bonchev–Trinajstić information content (AvgIpc) is 2.98. The normalized spacial score (nSPS) is 11.7. The van der Waals surface area contributed by atoms with Crippen LogP contribution in [-0.2, 0) is 28.9 Å². The summed E-state index contributed by atoms with van der Waals surface area (Å²) in [5.74, 6) is -0.914. The number of hydrogen-bond donors (Lipinski definition) is 0. The Morgan fingerprint density at radius 1 is 1.04 bits per heavy atom. The van der Waals surface area contributed by atoms with Crippen LogP contribution in [0.15, 0.2) is 52.9 Å². The van der Waals surface area contributed by atoms with Crippen LogP contribution in [0.1, 0.15) is 27.2 Å². The largest absolute Gasteiger partial charge is 0.455 e. The van der Waals surface area contributed by atoms with Crippen LogP contribution in [-0.4, -0.2) is 13.1 Å². The molecule has 136 valence electrons. The van der Waals surface area contributed by atoms with E-state index in [0.29, 0.717) is 16.5 Å². The Morgan fingerprint density at radius 3 is 2.46 bits per heavy atom. The number of ether oxygens (including phenoxy) is 2. The zero-order chi connectivity index (χ0) is 18.7. The van der Waals surface area contributed by atoms with E-state index in [9.17, 15) is 18.0 Å². The molecule has 0 saturated heterocycles. The highest BCUT2D eigenvalue weighted by Gasteiger charge is 2.33.